The van der Waals surface area contributed by atoms with Crippen LogP contribution < -0.4 is 0 Å². The lowest BCUT2D eigenvalue weighted by Crippen LogP contribution is -2.56. The van der Waals surface area contributed by atoms with Crippen LogP contribution in [0, 0.1) is 6.92 Å². The van der Waals surface area contributed by atoms with E-state index in [-0.39, 0.29) is 25.7 Å². The maximum Gasteiger partial charge on any atom is 0.242 e. The van der Waals surface area contributed by atoms with E-state index in [4.69, 9.17) is 4.74 Å². The van der Waals surface area contributed by atoms with Crippen molar-refractivity contribution in [2.45, 2.75) is 31.7 Å². The molecule has 1 amide bonds. The van der Waals surface area contributed by atoms with E-state index in [1.807, 2.05) is 41.8 Å². The molecule has 6 nitrogen and oxygen atoms in total. The van der Waals surface area contributed by atoms with Crippen LogP contribution in [-0.2, 0) is 16.1 Å². The molecular formula is C17H22N2O4. The van der Waals surface area contributed by atoms with Crippen molar-refractivity contribution in [3.63, 3.8) is 0 Å². The number of carbonyl (C=O) groups is 1. The predicted octanol–water partition coefficient (Wildman–Crippen LogP) is 0.529. The highest BCUT2D eigenvalue weighted by molar-refractivity contribution is 5.84. The Morgan fingerprint density at radius 1 is 1.35 bits per heavy atom. The Morgan fingerprint density at radius 2 is 2.09 bits per heavy atom. The van der Waals surface area contributed by atoms with Crippen molar-refractivity contribution in [2.75, 3.05) is 20.3 Å². The van der Waals surface area contributed by atoms with Gasteiger partial charge in [0.15, 0.2) is 0 Å². The molecule has 0 radical (unpaired) electrons. The van der Waals surface area contributed by atoms with Gasteiger partial charge in [-0.3, -0.25) is 4.79 Å². The number of aliphatic hydroxyl groups excluding tert-OH is 2. The van der Waals surface area contributed by atoms with Crippen LogP contribution in [0.5, 0.6) is 0 Å². The lowest BCUT2D eigenvalue weighted by Gasteiger charge is -2.37. The number of aliphatic hydroxyl groups is 2. The van der Waals surface area contributed by atoms with E-state index in [0.29, 0.717) is 0 Å². The Morgan fingerprint density at radius 3 is 2.87 bits per heavy atom. The molecule has 0 bridgehead atoms. The van der Waals surface area contributed by atoms with Gasteiger partial charge in [-0.2, -0.15) is 0 Å². The first-order chi connectivity index (χ1) is 11.0. The highest BCUT2D eigenvalue weighted by atomic mass is 16.5. The molecule has 124 valence electrons. The maximum atomic E-state index is 12.6. The molecule has 1 aliphatic heterocycles. The summed E-state index contributed by atoms with van der Waals surface area (Å²) in [5, 5.41) is 20.9. The molecule has 23 heavy (non-hydrogen) atoms. The third kappa shape index (κ3) is 2.97. The zero-order valence-electron chi connectivity index (χ0n) is 13.3. The summed E-state index contributed by atoms with van der Waals surface area (Å²) in [4.78, 5) is 14.1. The fraction of sp³-hybridized carbons (Fsp3) is 0.471. The second-order valence-electron chi connectivity index (χ2n) is 6.10. The first-order valence-corrected chi connectivity index (χ1v) is 7.73. The van der Waals surface area contributed by atoms with E-state index in [2.05, 4.69) is 0 Å². The second kappa shape index (κ2) is 6.31. The average molecular weight is 318 g/mol. The molecule has 2 N–H and O–H groups in total. The molecule has 0 spiro atoms. The van der Waals surface area contributed by atoms with Gasteiger partial charge in [-0.15, -0.1) is 0 Å². The molecule has 2 aromatic rings. The molecule has 2 heterocycles. The van der Waals surface area contributed by atoms with Gasteiger partial charge in [-0.1, -0.05) is 18.2 Å². The molecule has 1 aromatic heterocycles. The molecule has 0 saturated carbocycles. The van der Waals surface area contributed by atoms with Crippen molar-refractivity contribution >= 4 is 16.8 Å². The normalized spacial score (nSPS) is 24.8. The van der Waals surface area contributed by atoms with Crippen molar-refractivity contribution in [2.24, 2.45) is 0 Å². The fourth-order valence-corrected chi connectivity index (χ4v) is 3.09. The van der Waals surface area contributed by atoms with Gasteiger partial charge < -0.3 is 24.4 Å². The molecule has 1 fully saturated rings. The minimum atomic E-state index is -0.986. The van der Waals surface area contributed by atoms with E-state index in [0.717, 1.165) is 16.6 Å². The number of nitrogens with zero attached hydrogens (tertiary/aromatic N) is 2. The molecule has 3 atom stereocenters. The van der Waals surface area contributed by atoms with E-state index in [1.54, 1.807) is 7.05 Å². The maximum absolute atomic E-state index is 12.6. The van der Waals surface area contributed by atoms with Crippen molar-refractivity contribution < 1.29 is 19.7 Å². The number of hydrogen-bond donors (Lipinski definition) is 2. The molecule has 3 rings (SSSR count). The van der Waals surface area contributed by atoms with Crippen molar-refractivity contribution in [1.29, 1.82) is 0 Å². The van der Waals surface area contributed by atoms with Gasteiger partial charge in [-0.05, 0) is 24.4 Å². The van der Waals surface area contributed by atoms with Gasteiger partial charge >= 0.3 is 0 Å². The van der Waals surface area contributed by atoms with E-state index < -0.39 is 18.2 Å². The number of benzene rings is 1. The Balaban J connectivity index is 1.79. The van der Waals surface area contributed by atoms with Gasteiger partial charge in [0, 0.05) is 18.3 Å². The van der Waals surface area contributed by atoms with Crippen molar-refractivity contribution in [1.82, 2.24) is 9.47 Å². The lowest BCUT2D eigenvalue weighted by atomic mass is 10.0. The number of fused-ring (bicyclic) bond motifs is 1. The summed E-state index contributed by atoms with van der Waals surface area (Å²) in [6, 6.07) is 9.43. The molecule has 6 heteroatoms. The Labute approximate surface area is 134 Å². The van der Waals surface area contributed by atoms with Crippen LogP contribution in [0.3, 0.4) is 0 Å². The summed E-state index contributed by atoms with van der Waals surface area (Å²) in [5.41, 5.74) is 2.01. The molecule has 1 saturated heterocycles. The van der Waals surface area contributed by atoms with E-state index in [1.165, 1.54) is 4.90 Å². The van der Waals surface area contributed by atoms with Gasteiger partial charge in [0.2, 0.25) is 5.91 Å². The summed E-state index contributed by atoms with van der Waals surface area (Å²) in [6.07, 6.45) is -1.95. The zero-order chi connectivity index (χ0) is 16.6. The van der Waals surface area contributed by atoms with Crippen LogP contribution >= 0.6 is 0 Å². The number of carbonyl (C=O) groups excluding carboxylic acids is 1. The number of rotatable bonds is 3. The minimum Gasteiger partial charge on any atom is -0.388 e. The third-order valence-electron chi connectivity index (χ3n) is 4.57. The van der Waals surface area contributed by atoms with Crippen LogP contribution in [0.15, 0.2) is 30.3 Å². The van der Waals surface area contributed by atoms with E-state index >= 15 is 0 Å². The molecule has 0 aliphatic carbocycles. The van der Waals surface area contributed by atoms with Gasteiger partial charge in [-0.25, -0.2) is 0 Å². The van der Waals surface area contributed by atoms with Crippen molar-refractivity contribution in [3.8, 4) is 0 Å². The van der Waals surface area contributed by atoms with Gasteiger partial charge in [0.1, 0.15) is 18.8 Å². The van der Waals surface area contributed by atoms with E-state index in [9.17, 15) is 15.0 Å². The first-order valence-electron chi connectivity index (χ1n) is 7.73. The molecule has 1 aromatic carbocycles. The molecule has 0 unspecified atom stereocenters. The SMILES string of the molecule is Cc1cc2ccccc2n1CC(=O)N(C)[C@@H]1COC[C@@H](O)[C@H]1O. The Bertz CT molecular complexity index is 712. The molecule has 1 aliphatic rings. The minimum absolute atomic E-state index is 0.0983. The summed E-state index contributed by atoms with van der Waals surface area (Å²) >= 11 is 0. The standard InChI is InChI=1S/C17H22N2O4/c1-11-7-12-5-3-4-6-13(12)19(11)8-16(21)18(2)14-9-23-10-15(20)17(14)22/h3-7,14-15,17,20,22H,8-10H2,1-2H3/t14-,15-,17+/m1/s1. The Hall–Kier alpha value is -1.89. The summed E-state index contributed by atoms with van der Waals surface area (Å²) in [5.74, 6) is -0.129. The summed E-state index contributed by atoms with van der Waals surface area (Å²) < 4.78 is 7.21. The first kappa shape index (κ1) is 16.0. The fourth-order valence-electron chi connectivity index (χ4n) is 3.09. The zero-order valence-corrected chi connectivity index (χ0v) is 13.3. The number of para-hydroxylation sites is 1. The van der Waals surface area contributed by atoms with Crippen molar-refractivity contribution in [3.05, 3.63) is 36.0 Å². The number of amides is 1. The lowest BCUT2D eigenvalue weighted by molar-refractivity contribution is -0.153. The van der Waals surface area contributed by atoms with Crippen LogP contribution in [-0.4, -0.2) is 64.1 Å². The smallest absolute Gasteiger partial charge is 0.242 e. The number of aromatic nitrogens is 1. The third-order valence-corrected chi connectivity index (χ3v) is 4.57. The predicted molar refractivity (Wildman–Crippen MR) is 86.1 cm³/mol. The number of likely N-dealkylation sites (N-methyl/N-ethyl adjacent to an activating group) is 1. The summed E-state index contributed by atoms with van der Waals surface area (Å²) in [6.45, 7) is 2.48. The number of ether oxygens (including phenoxy) is 1. The highest BCUT2D eigenvalue weighted by Crippen LogP contribution is 2.20. The number of aryl methyl sites for hydroxylation is 1. The van der Waals surface area contributed by atoms with Gasteiger partial charge in [0.25, 0.3) is 0 Å². The quantitative estimate of drug-likeness (QED) is 0.866. The van der Waals surface area contributed by atoms with Crippen LogP contribution in [0.4, 0.5) is 0 Å². The Kier molecular flexibility index (Phi) is 4.39. The second-order valence-corrected chi connectivity index (χ2v) is 6.10. The topological polar surface area (TPSA) is 74.9 Å². The highest BCUT2D eigenvalue weighted by Gasteiger charge is 2.35. The van der Waals surface area contributed by atoms with Crippen LogP contribution in [0.1, 0.15) is 5.69 Å². The van der Waals surface area contributed by atoms with Crippen LogP contribution in [0.25, 0.3) is 10.9 Å². The van der Waals surface area contributed by atoms with Gasteiger partial charge in [0.05, 0.1) is 19.3 Å². The molecular weight excluding hydrogens is 296 g/mol. The summed E-state index contributed by atoms with van der Waals surface area (Å²) in [7, 11) is 1.64. The average Bonchev–Trinajstić information content (AvgIpc) is 2.85. The van der Waals surface area contributed by atoms with Crippen LogP contribution in [0.2, 0.25) is 0 Å². The number of hydrogen-bond acceptors (Lipinski definition) is 4. The largest absolute Gasteiger partial charge is 0.388 e. The monoisotopic (exact) mass is 318 g/mol.